The summed E-state index contributed by atoms with van der Waals surface area (Å²) < 4.78 is 28.1. The number of hydrogen-bond donors (Lipinski definition) is 2. The van der Waals surface area contributed by atoms with Crippen molar-refractivity contribution in [3.8, 4) is 11.3 Å². The van der Waals surface area contributed by atoms with Crippen LogP contribution in [0.4, 0.5) is 0 Å². The number of nitrogens with two attached hydrogens (primary N) is 1. The smallest absolute Gasteiger partial charge is 0.238 e. The Morgan fingerprint density at radius 3 is 2.43 bits per heavy atom. The highest BCUT2D eigenvalue weighted by Crippen LogP contribution is 2.24. The number of benzene rings is 1. The van der Waals surface area contributed by atoms with Crippen LogP contribution in [0.15, 0.2) is 51.8 Å². The zero-order valence-electron chi connectivity index (χ0n) is 11.9. The van der Waals surface area contributed by atoms with Gasteiger partial charge < -0.3 is 9.73 Å². The van der Waals surface area contributed by atoms with Gasteiger partial charge in [0.2, 0.25) is 10.0 Å². The summed E-state index contributed by atoms with van der Waals surface area (Å²) in [5, 5.41) is 8.16. The molecule has 3 N–H and O–H groups in total. The third-order valence-electron chi connectivity index (χ3n) is 3.10. The van der Waals surface area contributed by atoms with Crippen LogP contribution in [-0.4, -0.2) is 21.5 Å². The number of primary sulfonamides is 1. The second-order valence-corrected chi connectivity index (χ2v) is 6.27. The van der Waals surface area contributed by atoms with Crippen molar-refractivity contribution in [2.45, 2.75) is 17.9 Å². The fourth-order valence-electron chi connectivity index (χ4n) is 1.74. The summed E-state index contributed by atoms with van der Waals surface area (Å²) in [6.45, 7) is 2.03. The lowest BCUT2D eigenvalue weighted by Gasteiger charge is -2.01. The molecule has 1 aromatic heterocycles. The molecule has 21 heavy (non-hydrogen) atoms. The summed E-state index contributed by atoms with van der Waals surface area (Å²) in [7, 11) is -1.78. The highest BCUT2D eigenvalue weighted by atomic mass is 32.2. The molecule has 1 aromatic carbocycles. The minimum atomic E-state index is -3.67. The topological polar surface area (TPSA) is 85.3 Å². The van der Waals surface area contributed by atoms with Crippen LogP contribution in [0, 0.1) is 0 Å². The SMILES string of the molecule is CNC(C)/C=C/c1ccc(-c2ccc(S(N)(=O)=O)cc2)o1. The summed E-state index contributed by atoms with van der Waals surface area (Å²) in [6, 6.07) is 10.2. The van der Waals surface area contributed by atoms with Gasteiger partial charge in [0.15, 0.2) is 0 Å². The van der Waals surface area contributed by atoms with Crippen LogP contribution in [0.1, 0.15) is 12.7 Å². The van der Waals surface area contributed by atoms with Gasteiger partial charge in [-0.25, -0.2) is 13.6 Å². The van der Waals surface area contributed by atoms with Crippen LogP contribution in [0.3, 0.4) is 0 Å². The molecule has 0 fully saturated rings. The first kappa shape index (κ1) is 15.5. The van der Waals surface area contributed by atoms with Crippen LogP contribution >= 0.6 is 0 Å². The molecule has 6 heteroatoms. The molecule has 1 atom stereocenters. The summed E-state index contributed by atoms with van der Waals surface area (Å²) in [5.74, 6) is 1.41. The lowest BCUT2D eigenvalue weighted by Crippen LogP contribution is -2.17. The lowest BCUT2D eigenvalue weighted by atomic mass is 10.2. The van der Waals surface area contributed by atoms with Gasteiger partial charge in [-0.15, -0.1) is 0 Å². The Balaban J connectivity index is 2.20. The average molecular weight is 306 g/mol. The molecule has 0 radical (unpaired) electrons. The van der Waals surface area contributed by atoms with E-state index in [-0.39, 0.29) is 10.9 Å². The molecule has 0 aliphatic heterocycles. The van der Waals surface area contributed by atoms with Gasteiger partial charge in [0.25, 0.3) is 0 Å². The van der Waals surface area contributed by atoms with Gasteiger partial charge >= 0.3 is 0 Å². The van der Waals surface area contributed by atoms with E-state index in [1.165, 1.54) is 12.1 Å². The van der Waals surface area contributed by atoms with E-state index >= 15 is 0 Å². The van der Waals surface area contributed by atoms with Crippen LogP contribution in [0.2, 0.25) is 0 Å². The molecule has 2 rings (SSSR count). The van der Waals surface area contributed by atoms with Crippen molar-refractivity contribution in [3.05, 3.63) is 48.2 Å². The second kappa shape index (κ2) is 6.26. The Morgan fingerprint density at radius 2 is 1.86 bits per heavy atom. The maximum atomic E-state index is 11.2. The molecule has 0 saturated heterocycles. The summed E-state index contributed by atoms with van der Waals surface area (Å²) >= 11 is 0. The molecule has 0 bridgehead atoms. The van der Waals surface area contributed by atoms with Crippen molar-refractivity contribution in [2.24, 2.45) is 5.14 Å². The fourth-order valence-corrected chi connectivity index (χ4v) is 2.26. The van der Waals surface area contributed by atoms with E-state index in [9.17, 15) is 8.42 Å². The van der Waals surface area contributed by atoms with Crippen LogP contribution in [-0.2, 0) is 10.0 Å². The minimum Gasteiger partial charge on any atom is -0.457 e. The minimum absolute atomic E-state index is 0.0840. The van der Waals surface area contributed by atoms with Crippen molar-refractivity contribution in [2.75, 3.05) is 7.05 Å². The van der Waals surface area contributed by atoms with Gasteiger partial charge in [-0.1, -0.05) is 6.08 Å². The van der Waals surface area contributed by atoms with Crippen LogP contribution in [0.25, 0.3) is 17.4 Å². The zero-order valence-corrected chi connectivity index (χ0v) is 12.7. The largest absolute Gasteiger partial charge is 0.457 e. The highest BCUT2D eigenvalue weighted by Gasteiger charge is 2.09. The van der Waals surface area contributed by atoms with Gasteiger partial charge in [0, 0.05) is 11.6 Å². The third-order valence-corrected chi connectivity index (χ3v) is 4.03. The van der Waals surface area contributed by atoms with E-state index in [4.69, 9.17) is 9.56 Å². The van der Waals surface area contributed by atoms with Gasteiger partial charge in [-0.3, -0.25) is 0 Å². The van der Waals surface area contributed by atoms with Crippen molar-refractivity contribution < 1.29 is 12.8 Å². The third kappa shape index (κ3) is 4.04. The van der Waals surface area contributed by atoms with E-state index in [2.05, 4.69) is 5.32 Å². The van der Waals surface area contributed by atoms with E-state index in [1.807, 2.05) is 38.3 Å². The van der Waals surface area contributed by atoms with E-state index in [1.54, 1.807) is 12.1 Å². The molecule has 0 spiro atoms. The molecule has 5 nitrogen and oxygen atoms in total. The maximum Gasteiger partial charge on any atom is 0.238 e. The first-order chi connectivity index (χ1) is 9.90. The van der Waals surface area contributed by atoms with Crippen molar-refractivity contribution in [3.63, 3.8) is 0 Å². The van der Waals surface area contributed by atoms with E-state index in [0.717, 1.165) is 11.3 Å². The number of nitrogens with one attached hydrogen (secondary N) is 1. The molecule has 0 aliphatic carbocycles. The Bertz CT molecular complexity index is 731. The second-order valence-electron chi connectivity index (χ2n) is 4.71. The highest BCUT2D eigenvalue weighted by molar-refractivity contribution is 7.89. The van der Waals surface area contributed by atoms with Gasteiger partial charge in [0.05, 0.1) is 4.90 Å². The maximum absolute atomic E-state index is 11.2. The molecule has 1 heterocycles. The van der Waals surface area contributed by atoms with Crippen LogP contribution < -0.4 is 10.5 Å². The zero-order chi connectivity index (χ0) is 15.5. The van der Waals surface area contributed by atoms with Crippen molar-refractivity contribution >= 4 is 16.1 Å². The fraction of sp³-hybridized carbons (Fsp3) is 0.200. The van der Waals surface area contributed by atoms with Gasteiger partial charge in [-0.2, -0.15) is 0 Å². The monoisotopic (exact) mass is 306 g/mol. The molecule has 1 unspecified atom stereocenters. The molecule has 112 valence electrons. The number of likely N-dealkylation sites (N-methyl/N-ethyl adjacent to an activating group) is 1. The molecular formula is C15H18N2O3S. The number of furan rings is 1. The van der Waals surface area contributed by atoms with Gasteiger partial charge in [-0.05, 0) is 56.4 Å². The normalized spacial score (nSPS) is 13.7. The summed E-state index contributed by atoms with van der Waals surface area (Å²) in [4.78, 5) is 0.0840. The Labute approximate surface area is 124 Å². The molecule has 2 aromatic rings. The number of hydrogen-bond acceptors (Lipinski definition) is 4. The van der Waals surface area contributed by atoms with Gasteiger partial charge in [0.1, 0.15) is 11.5 Å². The Kier molecular flexibility index (Phi) is 4.62. The molecule has 0 amide bonds. The number of sulfonamides is 1. The Morgan fingerprint density at radius 1 is 1.19 bits per heavy atom. The first-order valence-electron chi connectivity index (χ1n) is 6.48. The van der Waals surface area contributed by atoms with Crippen molar-refractivity contribution in [1.29, 1.82) is 0 Å². The predicted molar refractivity (Wildman–Crippen MR) is 83.1 cm³/mol. The molecule has 0 saturated carbocycles. The number of rotatable bonds is 5. The van der Waals surface area contributed by atoms with E-state index < -0.39 is 10.0 Å². The molecular weight excluding hydrogens is 288 g/mol. The van der Waals surface area contributed by atoms with Crippen molar-refractivity contribution in [1.82, 2.24) is 5.32 Å². The standard InChI is InChI=1S/C15H18N2O3S/c1-11(17-2)3-6-13-7-10-15(20-13)12-4-8-14(9-5-12)21(16,18)19/h3-11,17H,1-2H3,(H2,16,18,19)/b6-3+. The first-order valence-corrected chi connectivity index (χ1v) is 8.03. The quantitative estimate of drug-likeness (QED) is 0.887. The lowest BCUT2D eigenvalue weighted by molar-refractivity contribution is 0.570. The van der Waals surface area contributed by atoms with Crippen LogP contribution in [0.5, 0.6) is 0 Å². The summed E-state index contributed by atoms with van der Waals surface area (Å²) in [6.07, 6.45) is 3.89. The molecule has 0 aliphatic rings. The predicted octanol–water partition coefficient (Wildman–Crippen LogP) is 2.22. The Hall–Kier alpha value is -1.89. The summed E-state index contributed by atoms with van der Waals surface area (Å²) in [5.41, 5.74) is 0.795. The average Bonchev–Trinajstić information content (AvgIpc) is 2.93. The van der Waals surface area contributed by atoms with E-state index in [0.29, 0.717) is 5.76 Å².